The van der Waals surface area contributed by atoms with Crippen LogP contribution in [-0.2, 0) is 6.42 Å². The van der Waals surface area contributed by atoms with E-state index in [9.17, 15) is 0 Å². The largest absolute Gasteiger partial charge is 0.308 e. The number of hydrogen-bond acceptors (Lipinski definition) is 2. The highest BCUT2D eigenvalue weighted by molar-refractivity contribution is 5.55. The summed E-state index contributed by atoms with van der Waals surface area (Å²) in [6, 6.07) is 10.8. The molecule has 1 atom stereocenters. The first kappa shape index (κ1) is 9.58. The minimum absolute atomic E-state index is 0.522. The van der Waals surface area contributed by atoms with Gasteiger partial charge in [-0.1, -0.05) is 30.3 Å². The first-order valence-electron chi connectivity index (χ1n) is 5.85. The van der Waals surface area contributed by atoms with Gasteiger partial charge in [-0.05, 0) is 19.8 Å². The van der Waals surface area contributed by atoms with Crippen LogP contribution < -0.4 is 0 Å². The smallest absolute Gasteiger partial charge is 0.164 e. The van der Waals surface area contributed by atoms with Crippen molar-refractivity contribution in [3.8, 4) is 11.4 Å². The molecule has 0 amide bonds. The Bertz CT molecular complexity index is 487. The lowest BCUT2D eigenvalue weighted by molar-refractivity contribution is 0.429. The van der Waals surface area contributed by atoms with Gasteiger partial charge in [-0.2, -0.15) is 0 Å². The van der Waals surface area contributed by atoms with Gasteiger partial charge in [0.1, 0.15) is 5.82 Å². The molecule has 3 nitrogen and oxygen atoms in total. The summed E-state index contributed by atoms with van der Waals surface area (Å²) in [5.74, 6) is 2.15. The molecule has 1 aliphatic rings. The van der Waals surface area contributed by atoms with E-state index in [1.807, 2.05) is 18.2 Å². The highest BCUT2D eigenvalue weighted by Gasteiger charge is 2.21. The predicted octanol–water partition coefficient (Wildman–Crippen LogP) is 2.84. The van der Waals surface area contributed by atoms with Crippen LogP contribution in [0.2, 0.25) is 0 Å². The summed E-state index contributed by atoms with van der Waals surface area (Å²) in [4.78, 5) is 0. The molecule has 1 aromatic carbocycles. The lowest BCUT2D eigenvalue weighted by atomic mass is 10.1. The molecule has 3 rings (SSSR count). The van der Waals surface area contributed by atoms with Crippen molar-refractivity contribution in [2.24, 2.45) is 0 Å². The molecule has 82 valence electrons. The Morgan fingerprint density at radius 3 is 2.81 bits per heavy atom. The third kappa shape index (κ3) is 1.43. The van der Waals surface area contributed by atoms with Gasteiger partial charge in [-0.25, -0.2) is 0 Å². The molecule has 1 unspecified atom stereocenters. The average Bonchev–Trinajstić information content (AvgIpc) is 2.75. The Morgan fingerprint density at radius 1 is 1.19 bits per heavy atom. The third-order valence-corrected chi connectivity index (χ3v) is 3.26. The molecule has 2 heterocycles. The predicted molar refractivity (Wildman–Crippen MR) is 63.1 cm³/mol. The Balaban J connectivity index is 2.13. The van der Waals surface area contributed by atoms with Gasteiger partial charge in [0.2, 0.25) is 0 Å². The zero-order valence-corrected chi connectivity index (χ0v) is 9.43. The summed E-state index contributed by atoms with van der Waals surface area (Å²) in [5.41, 5.74) is 1.16. The van der Waals surface area contributed by atoms with Crippen LogP contribution >= 0.6 is 0 Å². The van der Waals surface area contributed by atoms with Crippen LogP contribution in [0.4, 0.5) is 0 Å². The van der Waals surface area contributed by atoms with E-state index in [0.717, 1.165) is 23.6 Å². The summed E-state index contributed by atoms with van der Waals surface area (Å²) < 4.78 is 2.29. The Morgan fingerprint density at radius 2 is 2.00 bits per heavy atom. The van der Waals surface area contributed by atoms with Crippen LogP contribution in [0.1, 0.15) is 31.6 Å². The highest BCUT2D eigenvalue weighted by Crippen LogP contribution is 2.29. The van der Waals surface area contributed by atoms with E-state index in [1.54, 1.807) is 0 Å². The van der Waals surface area contributed by atoms with Crippen molar-refractivity contribution in [2.45, 2.75) is 32.2 Å². The molecule has 3 heteroatoms. The number of fused-ring (bicyclic) bond motifs is 1. The van der Waals surface area contributed by atoms with Crippen LogP contribution in [0.25, 0.3) is 11.4 Å². The average molecular weight is 213 g/mol. The van der Waals surface area contributed by atoms with Crippen molar-refractivity contribution in [3.63, 3.8) is 0 Å². The lowest BCUT2D eigenvalue weighted by Gasteiger charge is -2.22. The van der Waals surface area contributed by atoms with E-state index in [1.165, 1.54) is 12.8 Å². The molecule has 0 saturated carbocycles. The monoisotopic (exact) mass is 213 g/mol. The summed E-state index contributed by atoms with van der Waals surface area (Å²) in [5, 5.41) is 8.63. The maximum absolute atomic E-state index is 4.33. The molecular formula is C13H15N3. The van der Waals surface area contributed by atoms with Crippen molar-refractivity contribution < 1.29 is 0 Å². The van der Waals surface area contributed by atoms with Gasteiger partial charge in [0.25, 0.3) is 0 Å². The number of benzene rings is 1. The fourth-order valence-corrected chi connectivity index (χ4v) is 2.43. The fourth-order valence-electron chi connectivity index (χ4n) is 2.43. The van der Waals surface area contributed by atoms with Crippen molar-refractivity contribution in [3.05, 3.63) is 36.2 Å². The SMILES string of the molecule is CC1CCCc2nnc(-c3ccccc3)n21. The van der Waals surface area contributed by atoms with Gasteiger partial charge in [0.05, 0.1) is 0 Å². The number of aryl methyl sites for hydroxylation is 1. The molecule has 0 saturated heterocycles. The summed E-state index contributed by atoms with van der Waals surface area (Å²) in [7, 11) is 0. The van der Waals surface area contributed by atoms with Gasteiger partial charge >= 0.3 is 0 Å². The van der Waals surface area contributed by atoms with Gasteiger partial charge in [0, 0.05) is 18.0 Å². The third-order valence-electron chi connectivity index (χ3n) is 3.26. The van der Waals surface area contributed by atoms with Crippen LogP contribution in [-0.4, -0.2) is 14.8 Å². The van der Waals surface area contributed by atoms with E-state index < -0.39 is 0 Å². The molecule has 1 aliphatic heterocycles. The fraction of sp³-hybridized carbons (Fsp3) is 0.385. The van der Waals surface area contributed by atoms with Gasteiger partial charge in [0.15, 0.2) is 5.82 Å². The number of aromatic nitrogens is 3. The zero-order valence-electron chi connectivity index (χ0n) is 9.43. The standard InChI is InChI=1S/C13H15N3/c1-10-6-5-9-12-14-15-13(16(10)12)11-7-3-2-4-8-11/h2-4,7-8,10H,5-6,9H2,1H3. The summed E-state index contributed by atoms with van der Waals surface area (Å²) >= 11 is 0. The minimum atomic E-state index is 0.522. The minimum Gasteiger partial charge on any atom is -0.308 e. The van der Waals surface area contributed by atoms with Crippen molar-refractivity contribution in [1.29, 1.82) is 0 Å². The van der Waals surface area contributed by atoms with Gasteiger partial charge in [-0.15, -0.1) is 10.2 Å². The maximum atomic E-state index is 4.33. The molecule has 0 fully saturated rings. The summed E-state index contributed by atoms with van der Waals surface area (Å²) in [6.45, 7) is 2.25. The Labute approximate surface area is 95.1 Å². The molecule has 16 heavy (non-hydrogen) atoms. The van der Waals surface area contributed by atoms with Crippen LogP contribution in [0.5, 0.6) is 0 Å². The van der Waals surface area contributed by atoms with Crippen molar-refractivity contribution in [1.82, 2.24) is 14.8 Å². The second kappa shape index (κ2) is 3.74. The lowest BCUT2D eigenvalue weighted by Crippen LogP contribution is -2.16. The molecule has 2 aromatic rings. The zero-order chi connectivity index (χ0) is 11.0. The van der Waals surface area contributed by atoms with Crippen LogP contribution in [0, 0.1) is 0 Å². The van der Waals surface area contributed by atoms with Gasteiger partial charge < -0.3 is 4.57 Å². The Hall–Kier alpha value is -1.64. The molecule has 0 N–H and O–H groups in total. The number of nitrogens with zero attached hydrogens (tertiary/aromatic N) is 3. The molecular weight excluding hydrogens is 198 g/mol. The van der Waals surface area contributed by atoms with E-state index in [0.29, 0.717) is 6.04 Å². The van der Waals surface area contributed by atoms with Crippen LogP contribution in [0.15, 0.2) is 30.3 Å². The first-order valence-corrected chi connectivity index (χ1v) is 5.85. The Kier molecular flexibility index (Phi) is 2.24. The maximum Gasteiger partial charge on any atom is 0.164 e. The molecule has 0 spiro atoms. The van der Waals surface area contributed by atoms with E-state index >= 15 is 0 Å². The van der Waals surface area contributed by atoms with Crippen molar-refractivity contribution in [2.75, 3.05) is 0 Å². The van der Waals surface area contributed by atoms with E-state index in [-0.39, 0.29) is 0 Å². The highest BCUT2D eigenvalue weighted by atomic mass is 15.3. The van der Waals surface area contributed by atoms with Gasteiger partial charge in [-0.3, -0.25) is 0 Å². The molecule has 1 aromatic heterocycles. The molecule has 0 bridgehead atoms. The van der Waals surface area contributed by atoms with Crippen LogP contribution in [0.3, 0.4) is 0 Å². The second-order valence-corrected chi connectivity index (χ2v) is 4.42. The summed E-state index contributed by atoms with van der Waals surface area (Å²) in [6.07, 6.45) is 3.52. The molecule has 0 aliphatic carbocycles. The van der Waals surface area contributed by atoms with E-state index in [4.69, 9.17) is 0 Å². The topological polar surface area (TPSA) is 30.7 Å². The van der Waals surface area contributed by atoms with E-state index in [2.05, 4.69) is 33.8 Å². The number of hydrogen-bond donors (Lipinski definition) is 0. The first-order chi connectivity index (χ1) is 7.86. The normalized spacial score (nSPS) is 19.4. The quantitative estimate of drug-likeness (QED) is 0.729. The number of rotatable bonds is 1. The second-order valence-electron chi connectivity index (χ2n) is 4.42. The van der Waals surface area contributed by atoms with Crippen molar-refractivity contribution >= 4 is 0 Å². The molecule has 0 radical (unpaired) electrons.